The van der Waals surface area contributed by atoms with Crippen molar-refractivity contribution >= 4 is 83.9 Å². The molecular weight excluding hydrogens is 813 g/mol. The molecule has 4 aliphatic rings. The first-order chi connectivity index (χ1) is 31.4. The molecule has 0 aromatic heterocycles. The fourth-order valence-electron chi connectivity index (χ4n) is 10.9. The third kappa shape index (κ3) is 6.25. The highest BCUT2D eigenvalue weighted by Gasteiger charge is 2.41. The first kappa shape index (κ1) is 39.2. The fourth-order valence-corrected chi connectivity index (χ4v) is 16.3. The third-order valence-electron chi connectivity index (χ3n) is 14.1. The Hall–Kier alpha value is -6.46. The highest BCUT2D eigenvalue weighted by Crippen LogP contribution is 2.74. The van der Waals surface area contributed by atoms with Crippen LogP contribution in [0.15, 0.2) is 209 Å². The number of rotatable bonds is 4. The van der Waals surface area contributed by atoms with Crippen molar-refractivity contribution in [3.8, 4) is 11.1 Å². The van der Waals surface area contributed by atoms with E-state index in [4.69, 9.17) is 0 Å². The fraction of sp³-hybridized carbons (Fsp3) is 0.133. The zero-order valence-electron chi connectivity index (χ0n) is 36.4. The van der Waals surface area contributed by atoms with Gasteiger partial charge in [-0.1, -0.05) is 142 Å². The summed E-state index contributed by atoms with van der Waals surface area (Å²) in [5.74, 6) is 3.54. The molecule has 8 aromatic rings. The minimum absolute atomic E-state index is 0.167. The van der Waals surface area contributed by atoms with Crippen molar-refractivity contribution in [3.63, 3.8) is 0 Å². The van der Waals surface area contributed by atoms with Crippen molar-refractivity contribution in [2.45, 2.75) is 46.8 Å². The number of thioether (sulfide) groups is 1. The molecule has 0 atom stereocenters. The van der Waals surface area contributed by atoms with Gasteiger partial charge in [0.25, 0.3) is 0 Å². The molecule has 1 saturated heterocycles. The molecule has 3 aliphatic heterocycles. The molecule has 0 bridgehead atoms. The van der Waals surface area contributed by atoms with E-state index in [-0.39, 0.29) is 5.41 Å². The van der Waals surface area contributed by atoms with E-state index in [1.807, 2.05) is 11.8 Å². The van der Waals surface area contributed by atoms with E-state index < -0.39 is 10.0 Å². The second-order valence-electron chi connectivity index (χ2n) is 18.1. The van der Waals surface area contributed by atoms with E-state index in [1.54, 1.807) is 9.79 Å². The van der Waals surface area contributed by atoms with Crippen LogP contribution in [0.4, 0.5) is 28.4 Å². The van der Waals surface area contributed by atoms with E-state index in [0.29, 0.717) is 0 Å². The van der Waals surface area contributed by atoms with Gasteiger partial charge in [0.15, 0.2) is 0 Å². The first-order valence-electron chi connectivity index (χ1n) is 22.6. The molecule has 1 fully saturated rings. The monoisotopic (exact) mass is 862 g/mol. The molecule has 1 spiro atoms. The van der Waals surface area contributed by atoms with Gasteiger partial charge in [-0.2, -0.15) is 10.0 Å². The average molecular weight is 863 g/mol. The van der Waals surface area contributed by atoms with Crippen LogP contribution in [-0.2, 0) is 5.41 Å². The molecule has 0 unspecified atom stereocenters. The number of allylic oxidation sites excluding steroid dienone is 3. The van der Waals surface area contributed by atoms with Crippen LogP contribution >= 0.6 is 21.8 Å². The summed E-state index contributed by atoms with van der Waals surface area (Å²) in [5.41, 5.74) is 14.8. The quantitative estimate of drug-likeness (QED) is 0.129. The molecule has 64 heavy (non-hydrogen) atoms. The zero-order chi connectivity index (χ0) is 43.0. The maximum absolute atomic E-state index is 4.53. The Morgan fingerprint density at radius 3 is 1.89 bits per heavy atom. The lowest BCUT2D eigenvalue weighted by Gasteiger charge is -2.47. The number of fused-ring (bicyclic) bond motifs is 11. The van der Waals surface area contributed by atoms with Gasteiger partial charge < -0.3 is 9.80 Å². The van der Waals surface area contributed by atoms with Crippen molar-refractivity contribution in [1.82, 2.24) is 0 Å². The van der Waals surface area contributed by atoms with Crippen LogP contribution in [0.2, 0.25) is 0 Å². The molecule has 312 valence electrons. The summed E-state index contributed by atoms with van der Waals surface area (Å²) in [5, 5.41) is 5.09. The third-order valence-corrected chi connectivity index (χ3v) is 19.4. The Kier molecular flexibility index (Phi) is 9.40. The van der Waals surface area contributed by atoms with Crippen LogP contribution in [0.1, 0.15) is 48.9 Å². The van der Waals surface area contributed by atoms with Crippen LogP contribution in [0.25, 0.3) is 44.8 Å². The largest absolute Gasteiger partial charge is 0.310 e. The van der Waals surface area contributed by atoms with Gasteiger partial charge in [0.05, 0.1) is 17.1 Å². The van der Waals surface area contributed by atoms with Crippen LogP contribution < -0.4 is 9.80 Å². The minimum atomic E-state index is -1.01. The van der Waals surface area contributed by atoms with Gasteiger partial charge in [-0.25, -0.2) is 0 Å². The number of hydrogen-bond acceptors (Lipinski definition) is 3. The van der Waals surface area contributed by atoms with Gasteiger partial charge >= 0.3 is 0 Å². The van der Waals surface area contributed by atoms with E-state index in [1.165, 1.54) is 101 Å². The summed E-state index contributed by atoms with van der Waals surface area (Å²) in [6, 6.07) is 59.7. The maximum Gasteiger partial charge on any atom is 0.0597 e. The Bertz CT molecular complexity index is 3260. The molecule has 2 nitrogen and oxygen atoms in total. The smallest absolute Gasteiger partial charge is 0.0597 e. The number of benzene rings is 8. The number of para-hydroxylation sites is 3. The molecule has 0 N–H and O–H groups in total. The summed E-state index contributed by atoms with van der Waals surface area (Å²) in [6.07, 6.45) is 15.7. The summed E-state index contributed by atoms with van der Waals surface area (Å²) >= 11 is 1.86. The summed E-state index contributed by atoms with van der Waals surface area (Å²) in [4.78, 5) is 9.21. The molecule has 4 heteroatoms. The molecule has 0 amide bonds. The lowest BCUT2D eigenvalue weighted by Crippen LogP contribution is -2.21. The predicted octanol–water partition coefficient (Wildman–Crippen LogP) is 17.1. The summed E-state index contributed by atoms with van der Waals surface area (Å²) in [7, 11) is -1.01. The van der Waals surface area contributed by atoms with Crippen molar-refractivity contribution in [2.24, 2.45) is 0 Å². The van der Waals surface area contributed by atoms with Crippen LogP contribution in [0, 0.1) is 0 Å². The average Bonchev–Trinajstić information content (AvgIpc) is 3.90. The van der Waals surface area contributed by atoms with Gasteiger partial charge in [0.2, 0.25) is 0 Å². The van der Waals surface area contributed by atoms with Gasteiger partial charge in [-0.3, -0.25) is 0 Å². The Morgan fingerprint density at radius 2 is 1.14 bits per heavy atom. The van der Waals surface area contributed by atoms with Gasteiger partial charge in [0, 0.05) is 42.9 Å². The normalized spacial score (nSPS) is 18.4. The highest BCUT2D eigenvalue weighted by atomic mass is 32.3. The first-order valence-corrected chi connectivity index (χ1v) is 25.6. The molecule has 3 heterocycles. The Morgan fingerprint density at radius 1 is 0.562 bits per heavy atom. The van der Waals surface area contributed by atoms with Crippen LogP contribution in [0.5, 0.6) is 0 Å². The Labute approximate surface area is 383 Å². The van der Waals surface area contributed by atoms with Gasteiger partial charge in [-0.15, -0.1) is 11.8 Å². The summed E-state index contributed by atoms with van der Waals surface area (Å²) < 4.78 is 0. The molecule has 0 saturated carbocycles. The van der Waals surface area contributed by atoms with E-state index in [2.05, 4.69) is 224 Å². The molecular formula is C60H50N2S2. The van der Waals surface area contributed by atoms with Gasteiger partial charge in [0.1, 0.15) is 0 Å². The van der Waals surface area contributed by atoms with Gasteiger partial charge in [-0.05, 0) is 152 Å². The molecule has 12 rings (SSSR count). The standard InChI is InChI=1S/C60H50N2S2/c1-41-15-5-4-12-34-63-57-19-9-6-16-54(57)61(41)47-29-33-51-50-31-25-43(38-52(50)60(2,3)53(51)40-47)23-22-42-24-30-48-44(37-42)26-27-45-39-46(28-32-49(45)48)62-55-17-7-10-20-58(55)64(35-13-14-36-64)59-21-11-8-18-56(59)62/h4-12,15-33,37-40H,1,13-14,34-36H2,2-3H3/b12-4-,15-5-,23-22+. The molecule has 8 aromatic carbocycles. The van der Waals surface area contributed by atoms with Crippen molar-refractivity contribution in [3.05, 3.63) is 217 Å². The Balaban J connectivity index is 0.834. The lowest BCUT2D eigenvalue weighted by atomic mass is 9.81. The molecule has 0 radical (unpaired) electrons. The minimum Gasteiger partial charge on any atom is -0.310 e. The number of hydrogen-bond donors (Lipinski definition) is 0. The van der Waals surface area contributed by atoms with E-state index in [0.717, 1.165) is 22.8 Å². The van der Waals surface area contributed by atoms with Crippen LogP contribution in [0.3, 0.4) is 0 Å². The zero-order valence-corrected chi connectivity index (χ0v) is 38.1. The highest BCUT2D eigenvalue weighted by molar-refractivity contribution is 8.34. The van der Waals surface area contributed by atoms with E-state index >= 15 is 0 Å². The lowest BCUT2D eigenvalue weighted by molar-refractivity contribution is 0.660. The van der Waals surface area contributed by atoms with Crippen LogP contribution in [-0.4, -0.2) is 17.3 Å². The molecule has 1 aliphatic carbocycles. The summed E-state index contributed by atoms with van der Waals surface area (Å²) in [6.45, 7) is 9.27. The van der Waals surface area contributed by atoms with Crippen molar-refractivity contribution in [2.75, 3.05) is 27.1 Å². The SMILES string of the molecule is C=C1/C=C\C=C/CSc2ccccc2N1c1ccc2c(c1)C(C)(C)c1cc(/C=C/c3ccc4c(ccc5cc(N6c7ccccc7S7(CCCC7)c7ccccc76)ccc54)c3)ccc1-2. The van der Waals surface area contributed by atoms with Crippen molar-refractivity contribution < 1.29 is 0 Å². The van der Waals surface area contributed by atoms with Crippen molar-refractivity contribution in [1.29, 1.82) is 0 Å². The van der Waals surface area contributed by atoms with E-state index in [9.17, 15) is 0 Å². The second-order valence-corrected chi connectivity index (χ2v) is 22.6. The number of anilines is 5. The second kappa shape index (κ2) is 15.4. The maximum atomic E-state index is 4.53. The topological polar surface area (TPSA) is 6.48 Å². The number of nitrogens with zero attached hydrogens (tertiary/aromatic N) is 2. The predicted molar refractivity (Wildman–Crippen MR) is 279 cm³/mol.